The van der Waals surface area contributed by atoms with Gasteiger partial charge in [0, 0.05) is 38.8 Å². The number of hydrogen-bond donors (Lipinski definition) is 1. The number of aromatic nitrogens is 5. The molecule has 1 N–H and O–H groups in total. The van der Waals surface area contributed by atoms with Crippen LogP contribution in [0.3, 0.4) is 0 Å². The largest absolute Gasteiger partial charge is 0.353 e. The predicted octanol–water partition coefficient (Wildman–Crippen LogP) is 3.47. The van der Waals surface area contributed by atoms with Crippen molar-refractivity contribution in [2.75, 3.05) is 0 Å². The van der Waals surface area contributed by atoms with Gasteiger partial charge in [0.1, 0.15) is 0 Å². The molecule has 6 heteroatoms. The Kier molecular flexibility index (Phi) is 1.95. The van der Waals surface area contributed by atoms with Gasteiger partial charge in [0.05, 0.1) is 22.4 Å². The highest BCUT2D eigenvalue weighted by Crippen LogP contribution is 2.29. The Balaban J connectivity index is 1.96. The molecule has 0 aliphatic carbocycles. The van der Waals surface area contributed by atoms with Crippen LogP contribution in [-0.2, 0) is 7.05 Å². The summed E-state index contributed by atoms with van der Waals surface area (Å²) >= 11 is 6.03. The lowest BCUT2D eigenvalue weighted by Crippen LogP contribution is -1.95. The summed E-state index contributed by atoms with van der Waals surface area (Å²) in [5, 5.41) is 9.23. The topological polar surface area (TPSA) is 59.4 Å². The fraction of sp³-hybridized carbons (Fsp3) is 0.133. The van der Waals surface area contributed by atoms with Crippen LogP contribution in [0.5, 0.6) is 0 Å². The summed E-state index contributed by atoms with van der Waals surface area (Å²) in [6.07, 6.45) is 1.64. The van der Waals surface area contributed by atoms with E-state index in [4.69, 9.17) is 15.7 Å². The monoisotopic (exact) mass is 300 g/mol. The molecule has 3 aromatic heterocycles. The maximum Gasteiger partial charge on any atom is 0.0958 e. The van der Waals surface area contributed by atoms with Crippen molar-refractivity contribution < 1.29 is 4.11 Å². The molecule has 0 spiro atoms. The molecule has 104 valence electrons. The van der Waals surface area contributed by atoms with Crippen molar-refractivity contribution in [3.05, 3.63) is 41.2 Å². The first kappa shape index (κ1) is 9.52. The SMILES string of the molecule is [2H]C([2H])([2H])c1nnn(C)c1-c1cnc2c(c1)[nH]c1cc(Cl)ccc12. The molecule has 5 nitrogen and oxygen atoms in total. The number of H-pyrrole nitrogens is 1. The number of benzene rings is 1. The van der Waals surface area contributed by atoms with E-state index < -0.39 is 6.85 Å². The first-order valence-corrected chi connectivity index (χ1v) is 6.70. The Morgan fingerprint density at radius 1 is 1.29 bits per heavy atom. The summed E-state index contributed by atoms with van der Waals surface area (Å²) in [5.74, 6) is 0. The van der Waals surface area contributed by atoms with E-state index in [2.05, 4.69) is 20.3 Å². The van der Waals surface area contributed by atoms with Crippen LogP contribution in [0.1, 0.15) is 9.81 Å². The normalized spacial score (nSPS) is 14.3. The molecule has 0 unspecified atom stereocenters. The molecule has 0 atom stereocenters. The number of pyridine rings is 1. The summed E-state index contributed by atoms with van der Waals surface area (Å²) in [6.45, 7) is -2.34. The summed E-state index contributed by atoms with van der Waals surface area (Å²) in [4.78, 5) is 7.75. The zero-order valence-electron chi connectivity index (χ0n) is 14.1. The number of nitrogens with zero attached hydrogens (tertiary/aromatic N) is 4. The Labute approximate surface area is 129 Å². The van der Waals surface area contributed by atoms with Crippen LogP contribution >= 0.6 is 11.6 Å². The minimum atomic E-state index is -2.34. The van der Waals surface area contributed by atoms with Gasteiger partial charge in [0.2, 0.25) is 0 Å². The smallest absolute Gasteiger partial charge is 0.0958 e. The van der Waals surface area contributed by atoms with Crippen molar-refractivity contribution in [1.82, 2.24) is 25.0 Å². The van der Waals surface area contributed by atoms with Crippen LogP contribution in [0.2, 0.25) is 5.02 Å². The fourth-order valence-electron chi connectivity index (χ4n) is 2.56. The van der Waals surface area contributed by atoms with Gasteiger partial charge in [-0.3, -0.25) is 4.98 Å². The van der Waals surface area contributed by atoms with Gasteiger partial charge in [0.15, 0.2) is 0 Å². The van der Waals surface area contributed by atoms with Crippen molar-refractivity contribution in [2.45, 2.75) is 6.85 Å². The second kappa shape index (κ2) is 4.30. The van der Waals surface area contributed by atoms with Crippen molar-refractivity contribution in [2.24, 2.45) is 7.05 Å². The van der Waals surface area contributed by atoms with Crippen LogP contribution in [-0.4, -0.2) is 25.0 Å². The number of rotatable bonds is 1. The van der Waals surface area contributed by atoms with E-state index in [0.717, 1.165) is 21.9 Å². The van der Waals surface area contributed by atoms with Crippen molar-refractivity contribution >= 4 is 33.5 Å². The lowest BCUT2D eigenvalue weighted by atomic mass is 10.1. The molecule has 0 fully saturated rings. The molecule has 21 heavy (non-hydrogen) atoms. The van der Waals surface area contributed by atoms with E-state index in [1.165, 1.54) is 4.68 Å². The molecule has 3 heterocycles. The van der Waals surface area contributed by atoms with Crippen molar-refractivity contribution in [3.63, 3.8) is 0 Å². The molecule has 0 saturated heterocycles. The second-order valence-corrected chi connectivity index (χ2v) is 5.28. The van der Waals surface area contributed by atoms with Gasteiger partial charge in [-0.2, -0.15) is 0 Å². The van der Waals surface area contributed by atoms with Crippen molar-refractivity contribution in [1.29, 1.82) is 0 Å². The summed E-state index contributed by atoms with van der Waals surface area (Å²) in [7, 11) is 1.66. The fourth-order valence-corrected chi connectivity index (χ4v) is 2.73. The van der Waals surface area contributed by atoms with Gasteiger partial charge >= 0.3 is 0 Å². The number of nitrogens with one attached hydrogen (secondary N) is 1. The van der Waals surface area contributed by atoms with Crippen LogP contribution in [0.4, 0.5) is 0 Å². The quantitative estimate of drug-likeness (QED) is 0.585. The first-order valence-electron chi connectivity index (χ1n) is 7.82. The molecule has 4 aromatic rings. The molecule has 4 rings (SSSR count). The van der Waals surface area contributed by atoms with E-state index in [0.29, 0.717) is 16.3 Å². The highest BCUT2D eigenvalue weighted by atomic mass is 35.5. The van der Waals surface area contributed by atoms with Crippen molar-refractivity contribution in [3.8, 4) is 11.3 Å². The summed E-state index contributed by atoms with van der Waals surface area (Å²) < 4.78 is 24.3. The summed E-state index contributed by atoms with van der Waals surface area (Å²) in [6, 6.07) is 7.40. The van der Waals surface area contributed by atoms with Gasteiger partial charge in [-0.05, 0) is 31.1 Å². The molecule has 0 aliphatic rings. The van der Waals surface area contributed by atoms with Gasteiger partial charge < -0.3 is 4.98 Å². The number of aromatic amines is 1. The average Bonchev–Trinajstić information content (AvgIpc) is 3.05. The molecular formula is C15H12ClN5. The third kappa shape index (κ3) is 1.81. The van der Waals surface area contributed by atoms with Crippen LogP contribution < -0.4 is 0 Å². The number of halogens is 1. The molecule has 0 aliphatic heterocycles. The number of hydrogen-bond acceptors (Lipinski definition) is 3. The van der Waals surface area contributed by atoms with E-state index in [-0.39, 0.29) is 5.69 Å². The van der Waals surface area contributed by atoms with Crippen LogP contribution in [0, 0.1) is 6.85 Å². The maximum atomic E-state index is 7.63. The molecule has 0 saturated carbocycles. The standard InChI is InChI=1S/C15H12ClN5/c1-8-15(21(2)20-19-8)9-5-13-14(17-7-9)11-4-3-10(16)6-12(11)18-13/h3-7,18H,1-2H3/i1D3. The molecule has 0 bridgehead atoms. The third-order valence-corrected chi connectivity index (χ3v) is 3.73. The van der Waals surface area contributed by atoms with E-state index in [1.54, 1.807) is 13.2 Å². The zero-order valence-corrected chi connectivity index (χ0v) is 11.8. The predicted molar refractivity (Wildman–Crippen MR) is 83.3 cm³/mol. The van der Waals surface area contributed by atoms with Gasteiger partial charge in [-0.25, -0.2) is 4.68 Å². The molecule has 0 amide bonds. The highest BCUT2D eigenvalue weighted by Gasteiger charge is 2.12. The van der Waals surface area contributed by atoms with E-state index in [9.17, 15) is 0 Å². The Morgan fingerprint density at radius 2 is 2.19 bits per heavy atom. The Morgan fingerprint density at radius 3 is 3.05 bits per heavy atom. The molecular weight excluding hydrogens is 286 g/mol. The van der Waals surface area contributed by atoms with Gasteiger partial charge in [-0.1, -0.05) is 16.8 Å². The lowest BCUT2D eigenvalue weighted by molar-refractivity contribution is 0.719. The minimum absolute atomic E-state index is 0.0368. The Bertz CT molecular complexity index is 1080. The summed E-state index contributed by atoms with van der Waals surface area (Å²) in [5.41, 5.74) is 3.50. The number of fused-ring (bicyclic) bond motifs is 3. The zero-order chi connectivity index (χ0) is 17.1. The van der Waals surface area contributed by atoms with Crippen LogP contribution in [0.25, 0.3) is 33.2 Å². The number of aryl methyl sites for hydroxylation is 2. The van der Waals surface area contributed by atoms with Crippen LogP contribution in [0.15, 0.2) is 30.5 Å². The maximum absolute atomic E-state index is 7.63. The van der Waals surface area contributed by atoms with E-state index >= 15 is 0 Å². The molecule has 0 radical (unpaired) electrons. The average molecular weight is 301 g/mol. The van der Waals surface area contributed by atoms with Gasteiger partial charge in [0.25, 0.3) is 0 Å². The first-order chi connectivity index (χ1) is 11.3. The van der Waals surface area contributed by atoms with Gasteiger partial charge in [-0.15, -0.1) is 5.10 Å². The highest BCUT2D eigenvalue weighted by molar-refractivity contribution is 6.31. The lowest BCUT2D eigenvalue weighted by Gasteiger charge is -2.02. The Hall–Kier alpha value is -2.40. The van der Waals surface area contributed by atoms with E-state index in [1.807, 2.05) is 24.3 Å². The molecule has 1 aromatic carbocycles. The second-order valence-electron chi connectivity index (χ2n) is 4.85. The third-order valence-electron chi connectivity index (χ3n) is 3.49. The minimum Gasteiger partial charge on any atom is -0.353 e.